The van der Waals surface area contributed by atoms with Gasteiger partial charge in [-0.05, 0) is 18.6 Å². The highest BCUT2D eigenvalue weighted by Crippen LogP contribution is 2.27. The average molecular weight is 274 g/mol. The van der Waals surface area contributed by atoms with E-state index in [0.29, 0.717) is 0 Å². The molecule has 1 heterocycles. The van der Waals surface area contributed by atoms with Gasteiger partial charge in [0, 0.05) is 5.92 Å². The zero-order valence-corrected chi connectivity index (χ0v) is 10.9. The van der Waals surface area contributed by atoms with Crippen LogP contribution in [0.25, 0.3) is 0 Å². The lowest BCUT2D eigenvalue weighted by Gasteiger charge is -2.12. The molecule has 0 aromatic carbocycles. The molecule has 0 spiro atoms. The molecule has 1 aromatic heterocycles. The van der Waals surface area contributed by atoms with Crippen LogP contribution in [0.2, 0.25) is 0 Å². The number of nitrogens with zero attached hydrogens (tertiary/aromatic N) is 1. The number of pyridine rings is 1. The average Bonchev–Trinajstić information content (AvgIpc) is 2.35. The van der Waals surface area contributed by atoms with Gasteiger partial charge in [0.15, 0.2) is 0 Å². The number of unbranched alkanes of at least 4 members (excludes halogenated alkanes) is 1. The summed E-state index contributed by atoms with van der Waals surface area (Å²) < 4.78 is 36.9. The molecule has 1 amide bonds. The molecule has 0 fully saturated rings. The van der Waals surface area contributed by atoms with Crippen molar-refractivity contribution in [1.29, 1.82) is 0 Å². The van der Waals surface area contributed by atoms with Crippen LogP contribution in [0.15, 0.2) is 18.3 Å². The smallest absolute Gasteiger partial charge is 0.324 e. The Kier molecular flexibility index (Phi) is 5.32. The van der Waals surface area contributed by atoms with E-state index in [-0.39, 0.29) is 17.5 Å². The van der Waals surface area contributed by atoms with E-state index in [1.165, 1.54) is 6.07 Å². The summed E-state index contributed by atoms with van der Waals surface area (Å²) in [5.41, 5.74) is -0.689. The Balaban J connectivity index is 2.60. The van der Waals surface area contributed by atoms with Crippen LogP contribution in [-0.2, 0) is 11.0 Å². The Morgan fingerprint density at radius 3 is 2.58 bits per heavy atom. The second kappa shape index (κ2) is 6.54. The van der Waals surface area contributed by atoms with Crippen molar-refractivity contribution in [2.45, 2.75) is 39.3 Å². The summed E-state index contributed by atoms with van der Waals surface area (Å²) in [4.78, 5) is 15.0. The van der Waals surface area contributed by atoms with Crippen LogP contribution in [0.5, 0.6) is 0 Å². The van der Waals surface area contributed by atoms with Gasteiger partial charge in [-0.15, -0.1) is 0 Å². The first-order valence-corrected chi connectivity index (χ1v) is 6.18. The molecule has 1 rings (SSSR count). The number of carbonyl (C=O) groups excluding carboxylic acids is 1. The molecule has 3 nitrogen and oxygen atoms in total. The fraction of sp³-hybridized carbons (Fsp3) is 0.538. The molecule has 0 bridgehead atoms. The van der Waals surface area contributed by atoms with E-state index in [0.717, 1.165) is 31.5 Å². The van der Waals surface area contributed by atoms with Crippen LogP contribution in [0.3, 0.4) is 0 Å². The molecule has 6 heteroatoms. The maximum Gasteiger partial charge on any atom is 0.433 e. The van der Waals surface area contributed by atoms with Gasteiger partial charge < -0.3 is 5.32 Å². The molecule has 1 unspecified atom stereocenters. The van der Waals surface area contributed by atoms with Crippen LogP contribution >= 0.6 is 0 Å². The van der Waals surface area contributed by atoms with E-state index in [2.05, 4.69) is 10.3 Å². The molecule has 0 radical (unpaired) electrons. The van der Waals surface area contributed by atoms with Crippen molar-refractivity contribution in [1.82, 2.24) is 4.98 Å². The number of rotatable bonds is 5. The van der Waals surface area contributed by atoms with Crippen molar-refractivity contribution in [2.75, 3.05) is 5.32 Å². The molecular weight excluding hydrogens is 257 g/mol. The van der Waals surface area contributed by atoms with Crippen molar-refractivity contribution in [2.24, 2.45) is 5.92 Å². The standard InChI is InChI=1S/C13H17F3N2O/c1-3-4-5-9(2)12(19)18-10-6-7-11(17-8-10)13(14,15)16/h6-9H,3-5H2,1-2H3,(H,18,19). The molecule has 19 heavy (non-hydrogen) atoms. The number of nitrogens with one attached hydrogen (secondary N) is 1. The predicted molar refractivity (Wildman–Crippen MR) is 66.6 cm³/mol. The van der Waals surface area contributed by atoms with Crippen LogP contribution in [0.1, 0.15) is 38.8 Å². The fourth-order valence-electron chi connectivity index (χ4n) is 1.54. The Morgan fingerprint density at radius 1 is 1.42 bits per heavy atom. The maximum atomic E-state index is 12.3. The van der Waals surface area contributed by atoms with E-state index in [9.17, 15) is 18.0 Å². The van der Waals surface area contributed by atoms with E-state index in [1.54, 1.807) is 6.92 Å². The molecule has 0 aliphatic heterocycles. The lowest BCUT2D eigenvalue weighted by atomic mass is 10.0. The van der Waals surface area contributed by atoms with Gasteiger partial charge in [0.25, 0.3) is 0 Å². The SMILES string of the molecule is CCCCC(C)C(=O)Nc1ccc(C(F)(F)F)nc1. The van der Waals surface area contributed by atoms with Gasteiger partial charge in [-0.1, -0.05) is 26.7 Å². The largest absolute Gasteiger partial charge is 0.433 e. The zero-order valence-electron chi connectivity index (χ0n) is 10.9. The van der Waals surface area contributed by atoms with Crippen molar-refractivity contribution in [3.63, 3.8) is 0 Å². The van der Waals surface area contributed by atoms with Crippen LogP contribution in [0, 0.1) is 5.92 Å². The van der Waals surface area contributed by atoms with Gasteiger partial charge in [0.05, 0.1) is 11.9 Å². The Labute approximate surface area is 110 Å². The Morgan fingerprint density at radius 2 is 2.11 bits per heavy atom. The van der Waals surface area contributed by atoms with Crippen molar-refractivity contribution >= 4 is 11.6 Å². The number of aromatic nitrogens is 1. The third kappa shape index (κ3) is 4.89. The molecule has 0 aliphatic rings. The molecule has 1 N–H and O–H groups in total. The number of hydrogen-bond donors (Lipinski definition) is 1. The quantitative estimate of drug-likeness (QED) is 0.885. The first-order valence-electron chi connectivity index (χ1n) is 6.18. The van der Waals surface area contributed by atoms with Gasteiger partial charge >= 0.3 is 6.18 Å². The number of hydrogen-bond acceptors (Lipinski definition) is 2. The minimum absolute atomic E-state index is 0.165. The topological polar surface area (TPSA) is 42.0 Å². The molecule has 106 valence electrons. The van der Waals surface area contributed by atoms with Crippen LogP contribution in [0.4, 0.5) is 18.9 Å². The van der Waals surface area contributed by atoms with Crippen molar-refractivity contribution in [3.05, 3.63) is 24.0 Å². The molecule has 0 aliphatic carbocycles. The normalized spacial score (nSPS) is 13.1. The summed E-state index contributed by atoms with van der Waals surface area (Å²) >= 11 is 0. The molecule has 1 aromatic rings. The Hall–Kier alpha value is -1.59. The maximum absolute atomic E-state index is 12.3. The minimum atomic E-state index is -4.46. The highest BCUT2D eigenvalue weighted by atomic mass is 19.4. The monoisotopic (exact) mass is 274 g/mol. The van der Waals surface area contributed by atoms with Crippen molar-refractivity contribution in [3.8, 4) is 0 Å². The summed E-state index contributed by atoms with van der Waals surface area (Å²) in [5, 5.41) is 2.56. The van der Waals surface area contributed by atoms with E-state index in [4.69, 9.17) is 0 Å². The second-order valence-corrected chi connectivity index (χ2v) is 4.46. The summed E-state index contributed by atoms with van der Waals surface area (Å²) in [6.45, 7) is 3.83. The summed E-state index contributed by atoms with van der Waals surface area (Å²) in [5.74, 6) is -0.364. The number of halogens is 3. The second-order valence-electron chi connectivity index (χ2n) is 4.46. The van der Waals surface area contributed by atoms with E-state index < -0.39 is 11.9 Å². The lowest BCUT2D eigenvalue weighted by Crippen LogP contribution is -2.20. The summed E-state index contributed by atoms with van der Waals surface area (Å²) in [7, 11) is 0. The van der Waals surface area contributed by atoms with Crippen LogP contribution < -0.4 is 5.32 Å². The van der Waals surface area contributed by atoms with Gasteiger partial charge in [-0.3, -0.25) is 4.79 Å². The highest BCUT2D eigenvalue weighted by Gasteiger charge is 2.32. The fourth-order valence-corrected chi connectivity index (χ4v) is 1.54. The van der Waals surface area contributed by atoms with E-state index in [1.807, 2.05) is 6.92 Å². The van der Waals surface area contributed by atoms with Gasteiger partial charge in [-0.25, -0.2) is 4.98 Å². The predicted octanol–water partition coefficient (Wildman–Crippen LogP) is 3.87. The zero-order chi connectivity index (χ0) is 14.5. The van der Waals surface area contributed by atoms with Gasteiger partial charge in [-0.2, -0.15) is 13.2 Å². The van der Waals surface area contributed by atoms with Gasteiger partial charge in [0.1, 0.15) is 5.69 Å². The number of anilines is 1. The number of amides is 1. The minimum Gasteiger partial charge on any atom is -0.324 e. The summed E-state index contributed by atoms with van der Waals surface area (Å²) in [6.07, 6.45) is -0.736. The molecule has 1 atom stereocenters. The Bertz CT molecular complexity index is 415. The highest BCUT2D eigenvalue weighted by molar-refractivity contribution is 5.92. The van der Waals surface area contributed by atoms with Gasteiger partial charge in [0.2, 0.25) is 5.91 Å². The first kappa shape index (κ1) is 15.5. The van der Waals surface area contributed by atoms with E-state index >= 15 is 0 Å². The number of alkyl halides is 3. The first-order chi connectivity index (χ1) is 8.84. The summed E-state index contributed by atoms with van der Waals surface area (Å²) in [6, 6.07) is 2.06. The molecular formula is C13H17F3N2O. The molecule has 0 saturated heterocycles. The van der Waals surface area contributed by atoms with Crippen molar-refractivity contribution < 1.29 is 18.0 Å². The molecule has 0 saturated carbocycles. The third-order valence-electron chi connectivity index (χ3n) is 2.76. The number of carbonyl (C=O) groups is 1. The third-order valence-corrected chi connectivity index (χ3v) is 2.76. The van der Waals surface area contributed by atoms with Crippen LogP contribution in [-0.4, -0.2) is 10.9 Å². The lowest BCUT2D eigenvalue weighted by molar-refractivity contribution is -0.141.